The average Bonchev–Trinajstić information content (AvgIpc) is 2.83. The zero-order valence-corrected chi connectivity index (χ0v) is 10.5. The third-order valence-electron chi connectivity index (χ3n) is 3.39. The standard InChI is InChI=1S/C12H19N3O2/c1-8(2)11-6-9(16)7-15(11)12(17)10-4-5-13-14(10)3/h4-5,8-9,11,16H,6-7H2,1-3H3/t9-,11+/m1/s1. The summed E-state index contributed by atoms with van der Waals surface area (Å²) in [6, 6.07) is 1.83. The van der Waals surface area contributed by atoms with E-state index in [1.54, 1.807) is 28.9 Å². The highest BCUT2D eigenvalue weighted by Gasteiger charge is 2.37. The van der Waals surface area contributed by atoms with Gasteiger partial charge >= 0.3 is 0 Å². The molecule has 0 bridgehead atoms. The lowest BCUT2D eigenvalue weighted by atomic mass is 10.0. The molecule has 0 aliphatic carbocycles. The Labute approximate surface area is 101 Å². The molecular weight excluding hydrogens is 218 g/mol. The summed E-state index contributed by atoms with van der Waals surface area (Å²) in [5.41, 5.74) is 0.574. The molecule has 1 aliphatic heterocycles. The molecule has 1 N–H and O–H groups in total. The summed E-state index contributed by atoms with van der Waals surface area (Å²) in [4.78, 5) is 14.1. The molecule has 0 spiro atoms. The molecule has 1 fully saturated rings. The number of aryl methyl sites for hydroxylation is 1. The molecule has 1 amide bonds. The van der Waals surface area contributed by atoms with Crippen LogP contribution in [0.4, 0.5) is 0 Å². The lowest BCUT2D eigenvalue weighted by Crippen LogP contribution is -2.39. The number of aromatic nitrogens is 2. The molecule has 0 unspecified atom stereocenters. The van der Waals surface area contributed by atoms with E-state index < -0.39 is 6.10 Å². The maximum atomic E-state index is 12.3. The van der Waals surface area contributed by atoms with Crippen LogP contribution in [0, 0.1) is 5.92 Å². The fraction of sp³-hybridized carbons (Fsp3) is 0.667. The van der Waals surface area contributed by atoms with E-state index in [0.29, 0.717) is 24.6 Å². The van der Waals surface area contributed by atoms with Crippen molar-refractivity contribution in [2.75, 3.05) is 6.54 Å². The van der Waals surface area contributed by atoms with Crippen molar-refractivity contribution in [2.45, 2.75) is 32.4 Å². The van der Waals surface area contributed by atoms with Crippen LogP contribution in [-0.4, -0.2) is 44.4 Å². The molecule has 0 radical (unpaired) electrons. The lowest BCUT2D eigenvalue weighted by Gasteiger charge is -2.27. The zero-order valence-electron chi connectivity index (χ0n) is 10.5. The zero-order chi connectivity index (χ0) is 12.6. The van der Waals surface area contributed by atoms with Crippen molar-refractivity contribution in [3.63, 3.8) is 0 Å². The Kier molecular flexibility index (Phi) is 3.19. The molecule has 0 aromatic carbocycles. The number of hydrogen-bond acceptors (Lipinski definition) is 3. The Bertz CT molecular complexity index is 414. The Morgan fingerprint density at radius 2 is 2.29 bits per heavy atom. The number of carbonyl (C=O) groups is 1. The lowest BCUT2D eigenvalue weighted by molar-refractivity contribution is 0.0674. The largest absolute Gasteiger partial charge is 0.391 e. The predicted molar refractivity (Wildman–Crippen MR) is 63.5 cm³/mol. The number of aliphatic hydroxyl groups excluding tert-OH is 1. The molecule has 2 heterocycles. The van der Waals surface area contributed by atoms with Gasteiger partial charge in [0.25, 0.3) is 5.91 Å². The molecule has 2 atom stereocenters. The molecule has 5 heteroatoms. The number of nitrogens with zero attached hydrogens (tertiary/aromatic N) is 3. The smallest absolute Gasteiger partial charge is 0.272 e. The van der Waals surface area contributed by atoms with Gasteiger partial charge in [-0.05, 0) is 18.4 Å². The van der Waals surface area contributed by atoms with Crippen molar-refractivity contribution in [3.8, 4) is 0 Å². The number of β-amino-alcohol motifs (C(OH)–C–C–N with tert-alkyl or cyclic N) is 1. The van der Waals surface area contributed by atoms with Gasteiger partial charge in [0.1, 0.15) is 5.69 Å². The summed E-state index contributed by atoms with van der Waals surface area (Å²) in [7, 11) is 1.75. The van der Waals surface area contributed by atoms with Crippen LogP contribution in [0.1, 0.15) is 30.8 Å². The predicted octanol–water partition coefficient (Wildman–Crippen LogP) is 0.651. The van der Waals surface area contributed by atoms with Gasteiger partial charge in [-0.25, -0.2) is 0 Å². The second-order valence-electron chi connectivity index (χ2n) is 5.00. The van der Waals surface area contributed by atoms with E-state index in [2.05, 4.69) is 18.9 Å². The normalized spacial score (nSPS) is 24.6. The topological polar surface area (TPSA) is 58.4 Å². The first-order valence-corrected chi connectivity index (χ1v) is 5.97. The van der Waals surface area contributed by atoms with Gasteiger partial charge < -0.3 is 10.0 Å². The number of rotatable bonds is 2. The van der Waals surface area contributed by atoms with Crippen LogP contribution in [0.5, 0.6) is 0 Å². The van der Waals surface area contributed by atoms with Crippen LogP contribution in [-0.2, 0) is 7.05 Å². The monoisotopic (exact) mass is 237 g/mol. The van der Waals surface area contributed by atoms with Crippen molar-refractivity contribution < 1.29 is 9.90 Å². The van der Waals surface area contributed by atoms with E-state index in [4.69, 9.17) is 0 Å². The minimum Gasteiger partial charge on any atom is -0.391 e. The number of likely N-dealkylation sites (tertiary alicyclic amines) is 1. The second kappa shape index (κ2) is 4.49. The van der Waals surface area contributed by atoms with Crippen LogP contribution in [0.3, 0.4) is 0 Å². The van der Waals surface area contributed by atoms with Crippen LogP contribution in [0.15, 0.2) is 12.3 Å². The molecule has 5 nitrogen and oxygen atoms in total. The number of amides is 1. The minimum atomic E-state index is -0.403. The quantitative estimate of drug-likeness (QED) is 0.821. The highest BCUT2D eigenvalue weighted by Crippen LogP contribution is 2.25. The van der Waals surface area contributed by atoms with Gasteiger partial charge in [0.05, 0.1) is 6.10 Å². The van der Waals surface area contributed by atoms with Gasteiger partial charge in [0.15, 0.2) is 0 Å². The van der Waals surface area contributed by atoms with E-state index in [-0.39, 0.29) is 11.9 Å². The molecule has 1 aliphatic rings. The molecule has 2 rings (SSSR count). The van der Waals surface area contributed by atoms with Crippen molar-refractivity contribution in [2.24, 2.45) is 13.0 Å². The first-order chi connectivity index (χ1) is 8.00. The number of aliphatic hydroxyl groups is 1. The molecule has 0 saturated carbocycles. The van der Waals surface area contributed by atoms with E-state index in [0.717, 1.165) is 0 Å². The molecule has 1 saturated heterocycles. The third kappa shape index (κ3) is 2.20. The first-order valence-electron chi connectivity index (χ1n) is 5.97. The Morgan fingerprint density at radius 3 is 2.82 bits per heavy atom. The average molecular weight is 237 g/mol. The fourth-order valence-corrected chi connectivity index (χ4v) is 2.44. The minimum absolute atomic E-state index is 0.0414. The summed E-state index contributed by atoms with van der Waals surface area (Å²) in [5.74, 6) is 0.310. The van der Waals surface area contributed by atoms with E-state index >= 15 is 0 Å². The van der Waals surface area contributed by atoms with Gasteiger partial charge in [0, 0.05) is 25.8 Å². The van der Waals surface area contributed by atoms with Crippen molar-refractivity contribution in [1.29, 1.82) is 0 Å². The summed E-state index contributed by atoms with van der Waals surface area (Å²) in [5, 5.41) is 13.7. The third-order valence-corrected chi connectivity index (χ3v) is 3.39. The molecule has 17 heavy (non-hydrogen) atoms. The van der Waals surface area contributed by atoms with E-state index in [9.17, 15) is 9.90 Å². The maximum absolute atomic E-state index is 12.3. The highest BCUT2D eigenvalue weighted by atomic mass is 16.3. The van der Waals surface area contributed by atoms with Gasteiger partial charge in [-0.1, -0.05) is 13.8 Å². The molecular formula is C12H19N3O2. The summed E-state index contributed by atoms with van der Waals surface area (Å²) in [6.07, 6.45) is 1.88. The van der Waals surface area contributed by atoms with Crippen molar-refractivity contribution in [3.05, 3.63) is 18.0 Å². The summed E-state index contributed by atoms with van der Waals surface area (Å²) in [6.45, 7) is 4.57. The fourth-order valence-electron chi connectivity index (χ4n) is 2.44. The number of carbonyl (C=O) groups excluding carboxylic acids is 1. The van der Waals surface area contributed by atoms with Crippen LogP contribution >= 0.6 is 0 Å². The summed E-state index contributed by atoms with van der Waals surface area (Å²) < 4.78 is 1.57. The van der Waals surface area contributed by atoms with Gasteiger partial charge in [-0.15, -0.1) is 0 Å². The van der Waals surface area contributed by atoms with Gasteiger partial charge in [-0.2, -0.15) is 5.10 Å². The highest BCUT2D eigenvalue weighted by molar-refractivity contribution is 5.93. The molecule has 1 aromatic heterocycles. The van der Waals surface area contributed by atoms with Crippen molar-refractivity contribution >= 4 is 5.91 Å². The second-order valence-corrected chi connectivity index (χ2v) is 5.00. The summed E-state index contributed by atoms with van der Waals surface area (Å²) >= 11 is 0. The van der Waals surface area contributed by atoms with E-state index in [1.165, 1.54) is 0 Å². The Balaban J connectivity index is 2.22. The van der Waals surface area contributed by atoms with Crippen LogP contribution in [0.2, 0.25) is 0 Å². The number of hydrogen-bond donors (Lipinski definition) is 1. The first kappa shape index (κ1) is 12.1. The van der Waals surface area contributed by atoms with Gasteiger partial charge in [0.2, 0.25) is 0 Å². The maximum Gasteiger partial charge on any atom is 0.272 e. The van der Waals surface area contributed by atoms with Crippen molar-refractivity contribution in [1.82, 2.24) is 14.7 Å². The molecule has 94 valence electrons. The Hall–Kier alpha value is -1.36. The Morgan fingerprint density at radius 1 is 1.59 bits per heavy atom. The SMILES string of the molecule is CC(C)[C@@H]1C[C@@H](O)CN1C(=O)c1ccnn1C. The van der Waals surface area contributed by atoms with Gasteiger partial charge in [-0.3, -0.25) is 9.48 Å². The van der Waals surface area contributed by atoms with E-state index in [1.807, 2.05) is 0 Å². The molecule has 1 aromatic rings. The van der Waals surface area contributed by atoms with Crippen LogP contribution < -0.4 is 0 Å². The van der Waals surface area contributed by atoms with Crippen LogP contribution in [0.25, 0.3) is 0 Å².